The Hall–Kier alpha value is -3.74. The number of nitrogens with zero attached hydrogens (tertiary/aromatic N) is 1. The van der Waals surface area contributed by atoms with Crippen molar-refractivity contribution in [3.05, 3.63) is 51.2 Å². The number of hydrogen-bond acceptors (Lipinski definition) is 7. The topological polar surface area (TPSA) is 169 Å². The first-order chi connectivity index (χ1) is 20.0. The van der Waals surface area contributed by atoms with Crippen LogP contribution in [0.15, 0.2) is 44.3 Å². The van der Waals surface area contributed by atoms with Gasteiger partial charge in [0.1, 0.15) is 24.5 Å². The lowest BCUT2D eigenvalue weighted by molar-refractivity contribution is -0.137. The molecule has 4 rings (SSSR count). The van der Waals surface area contributed by atoms with Gasteiger partial charge in [-0.15, -0.1) is 0 Å². The van der Waals surface area contributed by atoms with Gasteiger partial charge in [-0.1, -0.05) is 19.8 Å². The molecule has 5 atom stereocenters. The smallest absolute Gasteiger partial charge is 0.287 e. The number of carbonyl (C=O) groups is 5. The molecule has 2 heterocycles. The lowest BCUT2D eigenvalue weighted by Crippen LogP contribution is -2.50. The van der Waals surface area contributed by atoms with E-state index in [9.17, 15) is 28.8 Å². The van der Waals surface area contributed by atoms with Gasteiger partial charge in [0, 0.05) is 31.8 Å². The van der Waals surface area contributed by atoms with E-state index in [1.807, 2.05) is 0 Å². The van der Waals surface area contributed by atoms with Crippen molar-refractivity contribution in [2.45, 2.75) is 70.5 Å². The second-order valence-electron chi connectivity index (χ2n) is 11.1. The van der Waals surface area contributed by atoms with E-state index in [-0.39, 0.29) is 42.8 Å². The molecular formula is C29H36BrN5O7. The number of halogens is 1. The van der Waals surface area contributed by atoms with Crippen molar-refractivity contribution >= 4 is 51.0 Å². The van der Waals surface area contributed by atoms with Crippen LogP contribution in [-0.2, 0) is 25.7 Å². The summed E-state index contributed by atoms with van der Waals surface area (Å²) < 4.78 is 6.87. The van der Waals surface area contributed by atoms with Crippen LogP contribution in [0.4, 0.5) is 5.69 Å². The number of Topliss-reactive ketones (excluding diaryl/α,β-unsaturated/α-hetero) is 1. The van der Waals surface area contributed by atoms with Gasteiger partial charge in [-0.2, -0.15) is 0 Å². The largest absolute Gasteiger partial charge is 0.458 e. The predicted molar refractivity (Wildman–Crippen MR) is 156 cm³/mol. The zero-order valence-corrected chi connectivity index (χ0v) is 25.2. The molecule has 13 heteroatoms. The van der Waals surface area contributed by atoms with E-state index >= 15 is 0 Å². The highest BCUT2D eigenvalue weighted by molar-refractivity contribution is 9.10. The SMILES string of the molecule is CNC(=O)C(=O)CC[C@H](NC(=O)c1cc(Br)co1)C(=O)Nc1cccn(CC(=O)NC2C(C)CC3CCCC2C3)c1=O. The minimum absolute atomic E-state index is 0.0734. The molecule has 0 saturated heterocycles. The number of pyridine rings is 1. The zero-order chi connectivity index (χ0) is 30.4. The molecule has 0 aromatic carbocycles. The van der Waals surface area contributed by atoms with Gasteiger partial charge >= 0.3 is 0 Å². The number of anilines is 1. The number of nitrogens with one attached hydrogen (secondary N) is 4. The highest BCUT2D eigenvalue weighted by Crippen LogP contribution is 2.42. The summed E-state index contributed by atoms with van der Waals surface area (Å²) in [5, 5.41) is 10.4. The molecule has 0 aliphatic heterocycles. The van der Waals surface area contributed by atoms with Gasteiger partial charge in [0.25, 0.3) is 17.4 Å². The first-order valence-corrected chi connectivity index (χ1v) is 14.9. The summed E-state index contributed by atoms with van der Waals surface area (Å²) in [6, 6.07) is 3.12. The van der Waals surface area contributed by atoms with E-state index in [4.69, 9.17) is 4.42 Å². The normalized spacial score (nSPS) is 22.0. The van der Waals surface area contributed by atoms with Crippen LogP contribution in [0.1, 0.15) is 62.4 Å². The fraction of sp³-hybridized carbons (Fsp3) is 0.517. The van der Waals surface area contributed by atoms with E-state index in [0.29, 0.717) is 16.3 Å². The van der Waals surface area contributed by atoms with Crippen molar-refractivity contribution in [2.75, 3.05) is 12.4 Å². The Kier molecular flexibility index (Phi) is 10.4. The molecule has 0 radical (unpaired) electrons. The van der Waals surface area contributed by atoms with Crippen LogP contribution >= 0.6 is 15.9 Å². The quantitative estimate of drug-likeness (QED) is 0.272. The standard InChI is InChI=1S/C29H36BrN5O7/c1-16-11-17-5-3-6-18(12-17)25(16)34-24(37)14-35-10-4-7-21(29(35)41)33-26(38)20(8-9-22(36)27(39)31-2)32-28(40)23-13-19(30)15-42-23/h4,7,10,13,15-18,20,25H,3,5-6,8-9,11-12,14H2,1-2H3,(H,31,39)(H,32,40)(H,33,38)(H,34,37)/t16?,17?,18?,20-,25?/m0/s1. The minimum atomic E-state index is -1.28. The average molecular weight is 647 g/mol. The van der Waals surface area contributed by atoms with Crippen LogP contribution < -0.4 is 26.8 Å². The number of aromatic nitrogens is 1. The fourth-order valence-corrected chi connectivity index (χ4v) is 6.39. The number of furan rings is 1. The summed E-state index contributed by atoms with van der Waals surface area (Å²) >= 11 is 3.18. The molecule has 2 aliphatic carbocycles. The highest BCUT2D eigenvalue weighted by Gasteiger charge is 2.38. The third kappa shape index (κ3) is 7.75. The summed E-state index contributed by atoms with van der Waals surface area (Å²) in [6.07, 6.45) is 7.96. The van der Waals surface area contributed by atoms with Crippen molar-refractivity contribution in [2.24, 2.45) is 17.8 Å². The third-order valence-electron chi connectivity index (χ3n) is 8.12. The number of rotatable bonds is 11. The van der Waals surface area contributed by atoms with Gasteiger partial charge in [0.2, 0.25) is 17.6 Å². The summed E-state index contributed by atoms with van der Waals surface area (Å²) in [5.74, 6) is -1.91. The van der Waals surface area contributed by atoms with Gasteiger partial charge in [0.15, 0.2) is 5.76 Å². The maximum Gasteiger partial charge on any atom is 0.287 e. The van der Waals surface area contributed by atoms with Gasteiger partial charge < -0.3 is 30.3 Å². The van der Waals surface area contributed by atoms with Crippen LogP contribution in [0.3, 0.4) is 0 Å². The molecular weight excluding hydrogens is 610 g/mol. The molecule has 42 heavy (non-hydrogen) atoms. The fourth-order valence-electron chi connectivity index (χ4n) is 6.09. The number of fused-ring (bicyclic) bond motifs is 2. The molecule has 12 nitrogen and oxygen atoms in total. The Labute approximate surface area is 251 Å². The number of hydrogen-bond donors (Lipinski definition) is 4. The maximum atomic E-state index is 13.2. The minimum Gasteiger partial charge on any atom is -0.458 e. The number of ketones is 1. The molecule has 2 aromatic rings. The van der Waals surface area contributed by atoms with E-state index in [1.54, 1.807) is 0 Å². The first-order valence-electron chi connectivity index (χ1n) is 14.1. The average Bonchev–Trinajstić information content (AvgIpc) is 3.41. The van der Waals surface area contributed by atoms with Crippen molar-refractivity contribution in [1.29, 1.82) is 0 Å². The second kappa shape index (κ2) is 14.0. The molecule has 226 valence electrons. The molecule has 2 aromatic heterocycles. The van der Waals surface area contributed by atoms with E-state index in [1.165, 1.54) is 55.1 Å². The van der Waals surface area contributed by atoms with Crippen LogP contribution in [0.2, 0.25) is 0 Å². The maximum absolute atomic E-state index is 13.2. The third-order valence-corrected chi connectivity index (χ3v) is 8.54. The van der Waals surface area contributed by atoms with Crippen LogP contribution in [0, 0.1) is 17.8 Å². The Balaban J connectivity index is 1.43. The van der Waals surface area contributed by atoms with Crippen LogP contribution in [0.25, 0.3) is 0 Å². The van der Waals surface area contributed by atoms with Gasteiger partial charge in [-0.3, -0.25) is 28.8 Å². The zero-order valence-electron chi connectivity index (χ0n) is 23.6. The molecule has 4 unspecified atom stereocenters. The molecule has 2 saturated carbocycles. The summed E-state index contributed by atoms with van der Waals surface area (Å²) in [7, 11) is 1.31. The summed E-state index contributed by atoms with van der Waals surface area (Å²) in [6.45, 7) is 1.95. The molecule has 2 fully saturated rings. The Morgan fingerprint density at radius 1 is 1.17 bits per heavy atom. The van der Waals surface area contributed by atoms with Crippen molar-refractivity contribution in [3.63, 3.8) is 0 Å². The van der Waals surface area contributed by atoms with Gasteiger partial charge in [-0.25, -0.2) is 0 Å². The van der Waals surface area contributed by atoms with Crippen molar-refractivity contribution < 1.29 is 28.4 Å². The highest BCUT2D eigenvalue weighted by atomic mass is 79.9. The number of amides is 4. The van der Waals surface area contributed by atoms with E-state index in [2.05, 4.69) is 44.1 Å². The molecule has 2 aliphatic rings. The molecule has 4 N–H and O–H groups in total. The number of carbonyl (C=O) groups excluding carboxylic acids is 5. The molecule has 2 bridgehead atoms. The molecule has 4 amide bonds. The number of likely N-dealkylation sites (N-methyl/N-ethyl adjacent to an activating group) is 1. The van der Waals surface area contributed by atoms with Crippen molar-refractivity contribution in [1.82, 2.24) is 20.5 Å². The Morgan fingerprint density at radius 3 is 2.67 bits per heavy atom. The summed E-state index contributed by atoms with van der Waals surface area (Å²) in [5.41, 5.74) is -0.703. The Bertz CT molecular complexity index is 1400. The van der Waals surface area contributed by atoms with Crippen LogP contribution in [-0.4, -0.2) is 53.1 Å². The Morgan fingerprint density at radius 2 is 1.95 bits per heavy atom. The lowest BCUT2D eigenvalue weighted by Gasteiger charge is -2.44. The first kappa shape index (κ1) is 31.2. The predicted octanol–water partition coefficient (Wildman–Crippen LogP) is 2.37. The van der Waals surface area contributed by atoms with E-state index < -0.39 is 35.1 Å². The van der Waals surface area contributed by atoms with Crippen LogP contribution in [0.5, 0.6) is 0 Å². The monoisotopic (exact) mass is 645 g/mol. The summed E-state index contributed by atoms with van der Waals surface area (Å²) in [4.78, 5) is 75.8. The molecule has 0 spiro atoms. The van der Waals surface area contributed by atoms with Crippen molar-refractivity contribution in [3.8, 4) is 0 Å². The lowest BCUT2D eigenvalue weighted by atomic mass is 9.65. The van der Waals surface area contributed by atoms with Gasteiger partial charge in [-0.05, 0) is 71.5 Å². The second-order valence-corrected chi connectivity index (χ2v) is 12.1. The van der Waals surface area contributed by atoms with Gasteiger partial charge in [0.05, 0.1) is 4.47 Å². The van der Waals surface area contributed by atoms with E-state index in [0.717, 1.165) is 25.2 Å².